The van der Waals surface area contributed by atoms with Crippen molar-refractivity contribution in [2.24, 2.45) is 0 Å². The standard InChI is InChI=1S/C12H13NO/c1-12(2,7-8-14)11-5-3-10(9-13)4-6-11/h3-6,8H,7H2,1-2H3. The Hall–Kier alpha value is -1.62. The first kappa shape index (κ1) is 10.5. The van der Waals surface area contributed by atoms with Gasteiger partial charge in [0.15, 0.2) is 0 Å². The van der Waals surface area contributed by atoms with Crippen LogP contribution < -0.4 is 0 Å². The van der Waals surface area contributed by atoms with Gasteiger partial charge in [0.1, 0.15) is 6.29 Å². The molecule has 0 radical (unpaired) electrons. The van der Waals surface area contributed by atoms with Crippen molar-refractivity contribution in [1.82, 2.24) is 0 Å². The van der Waals surface area contributed by atoms with Crippen molar-refractivity contribution >= 4 is 6.29 Å². The van der Waals surface area contributed by atoms with Gasteiger partial charge in [-0.15, -0.1) is 0 Å². The number of hydrogen-bond donors (Lipinski definition) is 0. The summed E-state index contributed by atoms with van der Waals surface area (Å²) in [4.78, 5) is 10.5. The van der Waals surface area contributed by atoms with E-state index < -0.39 is 0 Å². The molecule has 0 aliphatic heterocycles. The number of benzene rings is 1. The van der Waals surface area contributed by atoms with Crippen LogP contribution in [0, 0.1) is 11.3 Å². The highest BCUT2D eigenvalue weighted by molar-refractivity contribution is 5.53. The zero-order valence-electron chi connectivity index (χ0n) is 8.45. The van der Waals surface area contributed by atoms with Crippen molar-refractivity contribution in [2.45, 2.75) is 25.7 Å². The molecule has 0 aliphatic carbocycles. The van der Waals surface area contributed by atoms with Gasteiger partial charge in [0, 0.05) is 6.42 Å². The second kappa shape index (κ2) is 4.06. The average molecular weight is 187 g/mol. The van der Waals surface area contributed by atoms with E-state index in [0.29, 0.717) is 12.0 Å². The Morgan fingerprint density at radius 1 is 1.36 bits per heavy atom. The summed E-state index contributed by atoms with van der Waals surface area (Å²) in [7, 11) is 0. The zero-order chi connectivity index (χ0) is 10.6. The highest BCUT2D eigenvalue weighted by Crippen LogP contribution is 2.25. The molecule has 0 bridgehead atoms. The summed E-state index contributed by atoms with van der Waals surface area (Å²) in [5.74, 6) is 0. The minimum Gasteiger partial charge on any atom is -0.303 e. The van der Waals surface area contributed by atoms with Crippen LogP contribution >= 0.6 is 0 Å². The third kappa shape index (κ3) is 2.20. The molecule has 1 aromatic rings. The number of aldehydes is 1. The molecule has 2 nitrogen and oxygen atoms in total. The molecule has 2 heteroatoms. The van der Waals surface area contributed by atoms with Gasteiger partial charge in [0.05, 0.1) is 11.6 Å². The fourth-order valence-corrected chi connectivity index (χ4v) is 1.32. The third-order valence-corrected chi connectivity index (χ3v) is 2.39. The summed E-state index contributed by atoms with van der Waals surface area (Å²) < 4.78 is 0. The lowest BCUT2D eigenvalue weighted by molar-refractivity contribution is -0.108. The zero-order valence-corrected chi connectivity index (χ0v) is 8.45. The van der Waals surface area contributed by atoms with E-state index in [9.17, 15) is 4.79 Å². The maximum atomic E-state index is 10.5. The van der Waals surface area contributed by atoms with E-state index in [1.54, 1.807) is 12.1 Å². The van der Waals surface area contributed by atoms with Gasteiger partial charge in [-0.2, -0.15) is 5.26 Å². The molecular weight excluding hydrogens is 174 g/mol. The number of carbonyl (C=O) groups is 1. The summed E-state index contributed by atoms with van der Waals surface area (Å²) in [5.41, 5.74) is 1.59. The summed E-state index contributed by atoms with van der Waals surface area (Å²) >= 11 is 0. The molecule has 1 aromatic carbocycles. The molecule has 0 saturated heterocycles. The van der Waals surface area contributed by atoms with Gasteiger partial charge in [-0.25, -0.2) is 0 Å². The van der Waals surface area contributed by atoms with Crippen molar-refractivity contribution in [1.29, 1.82) is 5.26 Å². The number of nitrogens with zero attached hydrogens (tertiary/aromatic N) is 1. The molecule has 0 atom stereocenters. The SMILES string of the molecule is CC(C)(CC=O)c1ccc(C#N)cc1. The molecule has 0 N–H and O–H groups in total. The largest absolute Gasteiger partial charge is 0.303 e. The molecule has 0 saturated carbocycles. The first-order chi connectivity index (χ1) is 6.60. The molecule has 1 rings (SSSR count). The molecule has 0 amide bonds. The van der Waals surface area contributed by atoms with Crippen LogP contribution in [-0.4, -0.2) is 6.29 Å². The van der Waals surface area contributed by atoms with Crippen LogP contribution in [0.4, 0.5) is 0 Å². The third-order valence-electron chi connectivity index (χ3n) is 2.39. The average Bonchev–Trinajstić information content (AvgIpc) is 2.18. The molecular formula is C12H13NO. The van der Waals surface area contributed by atoms with E-state index in [0.717, 1.165) is 11.8 Å². The van der Waals surface area contributed by atoms with Gasteiger partial charge in [-0.3, -0.25) is 0 Å². The van der Waals surface area contributed by atoms with Gasteiger partial charge >= 0.3 is 0 Å². The fraction of sp³-hybridized carbons (Fsp3) is 0.333. The predicted octanol–water partition coefficient (Wildman–Crippen LogP) is 2.42. The topological polar surface area (TPSA) is 40.9 Å². The summed E-state index contributed by atoms with van der Waals surface area (Å²) in [6.07, 6.45) is 1.43. The first-order valence-electron chi connectivity index (χ1n) is 4.54. The Morgan fingerprint density at radius 2 is 1.93 bits per heavy atom. The first-order valence-corrected chi connectivity index (χ1v) is 4.54. The lowest BCUT2D eigenvalue weighted by Crippen LogP contribution is -2.17. The van der Waals surface area contributed by atoms with Crippen LogP contribution in [0.5, 0.6) is 0 Å². The van der Waals surface area contributed by atoms with E-state index in [2.05, 4.69) is 6.07 Å². The van der Waals surface area contributed by atoms with Crippen LogP contribution in [0.1, 0.15) is 31.4 Å². The summed E-state index contributed by atoms with van der Waals surface area (Å²) in [6.45, 7) is 4.03. The number of carbonyl (C=O) groups excluding carboxylic acids is 1. The molecule has 0 aliphatic rings. The Bertz CT molecular complexity index is 357. The minimum absolute atomic E-state index is 0.143. The maximum Gasteiger partial charge on any atom is 0.120 e. The van der Waals surface area contributed by atoms with Crippen molar-refractivity contribution in [3.63, 3.8) is 0 Å². The second-order valence-corrected chi connectivity index (χ2v) is 3.94. The molecule has 72 valence electrons. The van der Waals surface area contributed by atoms with E-state index in [1.165, 1.54) is 0 Å². The lowest BCUT2D eigenvalue weighted by atomic mass is 9.82. The Morgan fingerprint density at radius 3 is 2.36 bits per heavy atom. The number of hydrogen-bond acceptors (Lipinski definition) is 2. The molecule has 14 heavy (non-hydrogen) atoms. The van der Waals surface area contributed by atoms with Gasteiger partial charge < -0.3 is 4.79 Å². The molecule has 0 heterocycles. The second-order valence-electron chi connectivity index (χ2n) is 3.94. The quantitative estimate of drug-likeness (QED) is 0.682. The normalized spacial score (nSPS) is 10.6. The van der Waals surface area contributed by atoms with E-state index in [-0.39, 0.29) is 5.41 Å². The maximum absolute atomic E-state index is 10.5. The monoisotopic (exact) mass is 187 g/mol. The highest BCUT2D eigenvalue weighted by Gasteiger charge is 2.19. The summed E-state index contributed by atoms with van der Waals surface area (Å²) in [6, 6.07) is 9.44. The van der Waals surface area contributed by atoms with Crippen molar-refractivity contribution in [3.8, 4) is 6.07 Å². The Balaban J connectivity index is 2.97. The fourth-order valence-electron chi connectivity index (χ4n) is 1.32. The molecule has 0 aromatic heterocycles. The minimum atomic E-state index is -0.143. The van der Waals surface area contributed by atoms with Crippen molar-refractivity contribution in [2.75, 3.05) is 0 Å². The van der Waals surface area contributed by atoms with Crippen molar-refractivity contribution in [3.05, 3.63) is 35.4 Å². The smallest absolute Gasteiger partial charge is 0.120 e. The predicted molar refractivity (Wildman–Crippen MR) is 54.9 cm³/mol. The Kier molecular flexibility index (Phi) is 3.03. The van der Waals surface area contributed by atoms with Crippen LogP contribution in [0.3, 0.4) is 0 Å². The highest BCUT2D eigenvalue weighted by atomic mass is 16.1. The Labute approximate surface area is 84.2 Å². The van der Waals surface area contributed by atoms with Crippen LogP contribution in [0.2, 0.25) is 0 Å². The van der Waals surface area contributed by atoms with Gasteiger partial charge in [-0.05, 0) is 23.1 Å². The number of rotatable bonds is 3. The van der Waals surface area contributed by atoms with Crippen LogP contribution in [0.15, 0.2) is 24.3 Å². The molecule has 0 unspecified atom stereocenters. The van der Waals surface area contributed by atoms with Gasteiger partial charge in [-0.1, -0.05) is 26.0 Å². The van der Waals surface area contributed by atoms with E-state index >= 15 is 0 Å². The van der Waals surface area contributed by atoms with Gasteiger partial charge in [0.25, 0.3) is 0 Å². The molecule has 0 fully saturated rings. The van der Waals surface area contributed by atoms with Crippen LogP contribution in [-0.2, 0) is 10.2 Å². The summed E-state index contributed by atoms with van der Waals surface area (Å²) in [5, 5.41) is 8.63. The van der Waals surface area contributed by atoms with Crippen LogP contribution in [0.25, 0.3) is 0 Å². The lowest BCUT2D eigenvalue weighted by Gasteiger charge is -2.22. The van der Waals surface area contributed by atoms with E-state index in [1.807, 2.05) is 26.0 Å². The number of nitriles is 1. The van der Waals surface area contributed by atoms with Crippen molar-refractivity contribution < 1.29 is 4.79 Å². The van der Waals surface area contributed by atoms with Gasteiger partial charge in [0.2, 0.25) is 0 Å². The van der Waals surface area contributed by atoms with E-state index in [4.69, 9.17) is 5.26 Å². The molecule has 0 spiro atoms.